The lowest BCUT2D eigenvalue weighted by molar-refractivity contribution is 0.0950. The number of amides is 1. The molecule has 1 amide bonds. The summed E-state index contributed by atoms with van der Waals surface area (Å²) in [6.07, 6.45) is 1.67. The van der Waals surface area contributed by atoms with Gasteiger partial charge in [-0.2, -0.15) is 0 Å². The quantitative estimate of drug-likeness (QED) is 0.876. The molecule has 5 nitrogen and oxygen atoms in total. The second-order valence-electron chi connectivity index (χ2n) is 3.89. The number of phenols is 1. The van der Waals surface area contributed by atoms with Crippen LogP contribution in [0.15, 0.2) is 42.6 Å². The molecule has 0 unspecified atom stereocenters. The standard InChI is InChI=1S/C14H14N2O3/c1-19-13-6-5-10(8-12(13)17)14(18)16-9-11-4-2-3-7-15-11/h2-8,17H,9H2,1H3,(H,16,18). The van der Waals surface area contributed by atoms with Gasteiger partial charge in [-0.1, -0.05) is 6.07 Å². The summed E-state index contributed by atoms with van der Waals surface area (Å²) in [5, 5.41) is 12.3. The van der Waals surface area contributed by atoms with E-state index in [9.17, 15) is 9.90 Å². The maximum atomic E-state index is 11.9. The molecule has 1 heterocycles. The summed E-state index contributed by atoms with van der Waals surface area (Å²) in [5.41, 5.74) is 1.14. The fourth-order valence-electron chi connectivity index (χ4n) is 1.61. The Hall–Kier alpha value is -2.56. The Balaban J connectivity index is 2.02. The number of aromatic hydroxyl groups is 1. The van der Waals surface area contributed by atoms with Crippen LogP contribution in [0, 0.1) is 0 Å². The first-order chi connectivity index (χ1) is 9.20. The molecule has 5 heteroatoms. The molecule has 0 atom stereocenters. The largest absolute Gasteiger partial charge is 0.504 e. The fourth-order valence-corrected chi connectivity index (χ4v) is 1.61. The van der Waals surface area contributed by atoms with Gasteiger partial charge in [0.15, 0.2) is 11.5 Å². The van der Waals surface area contributed by atoms with Gasteiger partial charge in [0.2, 0.25) is 0 Å². The van der Waals surface area contributed by atoms with Crippen LogP contribution in [0.4, 0.5) is 0 Å². The van der Waals surface area contributed by atoms with E-state index in [-0.39, 0.29) is 11.7 Å². The van der Waals surface area contributed by atoms with Crippen LogP contribution < -0.4 is 10.1 Å². The normalized spacial score (nSPS) is 9.95. The molecule has 0 aliphatic heterocycles. The number of nitrogens with zero attached hydrogens (tertiary/aromatic N) is 1. The van der Waals surface area contributed by atoms with Crippen molar-refractivity contribution in [2.24, 2.45) is 0 Å². The summed E-state index contributed by atoms with van der Waals surface area (Å²) in [4.78, 5) is 16.0. The van der Waals surface area contributed by atoms with Crippen LogP contribution >= 0.6 is 0 Å². The number of phenolic OH excluding ortho intramolecular Hbond substituents is 1. The number of hydrogen-bond donors (Lipinski definition) is 2. The number of carbonyl (C=O) groups excluding carboxylic acids is 1. The minimum absolute atomic E-state index is 0.0620. The number of ether oxygens (including phenoxy) is 1. The molecule has 1 aromatic carbocycles. The predicted molar refractivity (Wildman–Crippen MR) is 70.1 cm³/mol. The van der Waals surface area contributed by atoms with E-state index in [4.69, 9.17) is 4.74 Å². The van der Waals surface area contributed by atoms with Gasteiger partial charge in [-0.15, -0.1) is 0 Å². The average molecular weight is 258 g/mol. The molecular formula is C14H14N2O3. The first-order valence-corrected chi connectivity index (χ1v) is 5.76. The topological polar surface area (TPSA) is 71.5 Å². The highest BCUT2D eigenvalue weighted by Crippen LogP contribution is 2.26. The minimum Gasteiger partial charge on any atom is -0.504 e. The van der Waals surface area contributed by atoms with E-state index in [1.807, 2.05) is 18.2 Å². The van der Waals surface area contributed by atoms with E-state index in [0.29, 0.717) is 17.9 Å². The van der Waals surface area contributed by atoms with Crippen molar-refractivity contribution in [3.8, 4) is 11.5 Å². The number of hydrogen-bond acceptors (Lipinski definition) is 4. The van der Waals surface area contributed by atoms with Crippen molar-refractivity contribution in [1.29, 1.82) is 0 Å². The van der Waals surface area contributed by atoms with Gasteiger partial charge in [-0.05, 0) is 30.3 Å². The lowest BCUT2D eigenvalue weighted by Gasteiger charge is -2.07. The fraction of sp³-hybridized carbons (Fsp3) is 0.143. The summed E-state index contributed by atoms with van der Waals surface area (Å²) in [6.45, 7) is 0.340. The van der Waals surface area contributed by atoms with E-state index >= 15 is 0 Å². The van der Waals surface area contributed by atoms with E-state index in [2.05, 4.69) is 10.3 Å². The molecule has 0 aliphatic carbocycles. The maximum Gasteiger partial charge on any atom is 0.251 e. The summed E-state index contributed by atoms with van der Waals surface area (Å²) in [6, 6.07) is 10.00. The lowest BCUT2D eigenvalue weighted by Crippen LogP contribution is -2.23. The highest BCUT2D eigenvalue weighted by Gasteiger charge is 2.09. The SMILES string of the molecule is COc1ccc(C(=O)NCc2ccccn2)cc1O. The van der Waals surface area contributed by atoms with Crippen molar-refractivity contribution in [3.05, 3.63) is 53.9 Å². The van der Waals surface area contributed by atoms with Crippen LogP contribution in [0.25, 0.3) is 0 Å². The zero-order valence-electron chi connectivity index (χ0n) is 10.5. The number of benzene rings is 1. The van der Waals surface area contributed by atoms with Crippen LogP contribution in [0.5, 0.6) is 11.5 Å². The van der Waals surface area contributed by atoms with Gasteiger partial charge >= 0.3 is 0 Å². The second kappa shape index (κ2) is 5.86. The molecule has 0 saturated heterocycles. The molecule has 0 aliphatic rings. The number of methoxy groups -OCH3 is 1. The van der Waals surface area contributed by atoms with Crippen molar-refractivity contribution in [2.45, 2.75) is 6.54 Å². The van der Waals surface area contributed by atoms with Gasteiger partial charge in [0.05, 0.1) is 19.3 Å². The number of aromatic nitrogens is 1. The van der Waals surface area contributed by atoms with Gasteiger partial charge < -0.3 is 15.2 Å². The van der Waals surface area contributed by atoms with Crippen LogP contribution in [0.3, 0.4) is 0 Å². The predicted octanol–water partition coefficient (Wildman–Crippen LogP) is 1.73. The Morgan fingerprint density at radius 1 is 1.37 bits per heavy atom. The van der Waals surface area contributed by atoms with Gasteiger partial charge in [0.25, 0.3) is 5.91 Å². The molecule has 0 saturated carbocycles. The molecule has 19 heavy (non-hydrogen) atoms. The van der Waals surface area contributed by atoms with Gasteiger partial charge in [-0.25, -0.2) is 0 Å². The highest BCUT2D eigenvalue weighted by molar-refractivity contribution is 5.94. The van der Waals surface area contributed by atoms with Crippen LogP contribution in [-0.4, -0.2) is 23.1 Å². The molecule has 2 aromatic rings. The molecule has 0 fully saturated rings. The zero-order chi connectivity index (χ0) is 13.7. The van der Waals surface area contributed by atoms with Crippen molar-refractivity contribution in [3.63, 3.8) is 0 Å². The zero-order valence-corrected chi connectivity index (χ0v) is 10.5. The van der Waals surface area contributed by atoms with Crippen LogP contribution in [0.1, 0.15) is 16.1 Å². The van der Waals surface area contributed by atoms with Gasteiger partial charge in [-0.3, -0.25) is 9.78 Å². The molecule has 2 N–H and O–H groups in total. The molecule has 1 aromatic heterocycles. The summed E-state index contributed by atoms with van der Waals surface area (Å²) in [7, 11) is 1.45. The lowest BCUT2D eigenvalue weighted by atomic mass is 10.2. The molecule has 2 rings (SSSR count). The van der Waals surface area contributed by atoms with E-state index in [0.717, 1.165) is 5.69 Å². The van der Waals surface area contributed by atoms with Crippen LogP contribution in [0.2, 0.25) is 0 Å². The van der Waals surface area contributed by atoms with Gasteiger partial charge in [0, 0.05) is 11.8 Å². The summed E-state index contributed by atoms with van der Waals surface area (Å²) >= 11 is 0. The smallest absolute Gasteiger partial charge is 0.251 e. The third-order valence-electron chi connectivity index (χ3n) is 2.60. The Labute approximate surface area is 110 Å². The highest BCUT2D eigenvalue weighted by atomic mass is 16.5. The first-order valence-electron chi connectivity index (χ1n) is 5.76. The molecular weight excluding hydrogens is 244 g/mol. The number of pyridine rings is 1. The minimum atomic E-state index is -0.274. The second-order valence-corrected chi connectivity index (χ2v) is 3.89. The van der Waals surface area contributed by atoms with Gasteiger partial charge in [0.1, 0.15) is 0 Å². The van der Waals surface area contributed by atoms with Crippen molar-refractivity contribution >= 4 is 5.91 Å². The van der Waals surface area contributed by atoms with Crippen molar-refractivity contribution in [1.82, 2.24) is 10.3 Å². The average Bonchev–Trinajstić information content (AvgIpc) is 2.45. The van der Waals surface area contributed by atoms with Crippen molar-refractivity contribution < 1.29 is 14.6 Å². The maximum absolute atomic E-state index is 11.9. The number of nitrogens with one attached hydrogen (secondary N) is 1. The summed E-state index contributed by atoms with van der Waals surface area (Å²) < 4.78 is 4.92. The first kappa shape index (κ1) is 12.9. The Kier molecular flexibility index (Phi) is 3.97. The summed E-state index contributed by atoms with van der Waals surface area (Å²) in [5.74, 6) is -0.00197. The molecule has 0 radical (unpaired) electrons. The third kappa shape index (κ3) is 3.22. The number of rotatable bonds is 4. The molecule has 0 spiro atoms. The Morgan fingerprint density at radius 2 is 2.21 bits per heavy atom. The van der Waals surface area contributed by atoms with Crippen molar-refractivity contribution in [2.75, 3.05) is 7.11 Å². The molecule has 0 bridgehead atoms. The third-order valence-corrected chi connectivity index (χ3v) is 2.60. The van der Waals surface area contributed by atoms with Crippen LogP contribution in [-0.2, 0) is 6.54 Å². The van der Waals surface area contributed by atoms with E-state index < -0.39 is 0 Å². The number of carbonyl (C=O) groups is 1. The monoisotopic (exact) mass is 258 g/mol. The van der Waals surface area contributed by atoms with E-state index in [1.165, 1.54) is 13.2 Å². The Bertz CT molecular complexity index is 570. The Morgan fingerprint density at radius 3 is 2.84 bits per heavy atom. The van der Waals surface area contributed by atoms with E-state index in [1.54, 1.807) is 18.3 Å². The molecule has 98 valence electrons.